The summed E-state index contributed by atoms with van der Waals surface area (Å²) in [4.78, 5) is 4.54. The number of hydrogen-bond acceptors (Lipinski definition) is 1. The van der Waals surface area contributed by atoms with Crippen LogP contribution in [0.1, 0.15) is 43.9 Å². The SMILES string of the molecule is C=Cc1nc(C(C)C)n(C)c1/C=C\C. The summed E-state index contributed by atoms with van der Waals surface area (Å²) in [6, 6.07) is 0. The third-order valence-corrected chi connectivity index (χ3v) is 2.24. The van der Waals surface area contributed by atoms with Crippen molar-refractivity contribution >= 4 is 12.2 Å². The van der Waals surface area contributed by atoms with E-state index in [0.29, 0.717) is 5.92 Å². The van der Waals surface area contributed by atoms with Crippen molar-refractivity contribution in [2.45, 2.75) is 26.7 Å². The first-order valence-corrected chi connectivity index (χ1v) is 4.93. The lowest BCUT2D eigenvalue weighted by molar-refractivity contribution is 0.708. The minimum absolute atomic E-state index is 0.442. The number of imidazole rings is 1. The molecule has 0 bridgehead atoms. The summed E-state index contributed by atoms with van der Waals surface area (Å²) in [6.45, 7) is 10.1. The van der Waals surface area contributed by atoms with Crippen molar-refractivity contribution in [3.05, 3.63) is 29.9 Å². The fourth-order valence-corrected chi connectivity index (χ4v) is 1.57. The van der Waals surface area contributed by atoms with Gasteiger partial charge in [0.05, 0.1) is 11.4 Å². The van der Waals surface area contributed by atoms with Crippen molar-refractivity contribution in [2.75, 3.05) is 0 Å². The number of aromatic nitrogens is 2. The predicted molar refractivity (Wildman–Crippen MR) is 62.1 cm³/mol. The highest BCUT2D eigenvalue weighted by Gasteiger charge is 2.12. The minimum Gasteiger partial charge on any atom is -0.331 e. The van der Waals surface area contributed by atoms with Gasteiger partial charge in [0.15, 0.2) is 0 Å². The molecular formula is C12H18N2. The van der Waals surface area contributed by atoms with Gasteiger partial charge in [-0.25, -0.2) is 4.98 Å². The molecule has 0 radical (unpaired) electrons. The van der Waals surface area contributed by atoms with Crippen LogP contribution in [0.4, 0.5) is 0 Å². The van der Waals surface area contributed by atoms with Gasteiger partial charge in [0, 0.05) is 13.0 Å². The Morgan fingerprint density at radius 1 is 1.43 bits per heavy atom. The molecule has 0 N–H and O–H groups in total. The Hall–Kier alpha value is -1.31. The Morgan fingerprint density at radius 2 is 2.07 bits per heavy atom. The highest BCUT2D eigenvalue weighted by Crippen LogP contribution is 2.19. The number of nitrogens with zero attached hydrogens (tertiary/aromatic N) is 2. The summed E-state index contributed by atoms with van der Waals surface area (Å²) in [7, 11) is 2.05. The van der Waals surface area contributed by atoms with E-state index in [2.05, 4.69) is 36.1 Å². The molecule has 76 valence electrons. The molecule has 14 heavy (non-hydrogen) atoms. The van der Waals surface area contributed by atoms with E-state index in [4.69, 9.17) is 0 Å². The van der Waals surface area contributed by atoms with Crippen LogP contribution in [0.2, 0.25) is 0 Å². The molecular weight excluding hydrogens is 172 g/mol. The van der Waals surface area contributed by atoms with Crippen molar-refractivity contribution in [3.63, 3.8) is 0 Å². The largest absolute Gasteiger partial charge is 0.331 e. The molecule has 0 aliphatic carbocycles. The van der Waals surface area contributed by atoms with Gasteiger partial charge in [-0.2, -0.15) is 0 Å². The van der Waals surface area contributed by atoms with E-state index in [9.17, 15) is 0 Å². The normalized spacial score (nSPS) is 11.5. The third kappa shape index (κ3) is 1.79. The topological polar surface area (TPSA) is 17.8 Å². The molecule has 0 saturated heterocycles. The number of allylic oxidation sites excluding steroid dienone is 1. The van der Waals surface area contributed by atoms with Crippen molar-refractivity contribution in [1.29, 1.82) is 0 Å². The van der Waals surface area contributed by atoms with Crippen LogP contribution in [-0.2, 0) is 7.05 Å². The zero-order valence-corrected chi connectivity index (χ0v) is 9.41. The highest BCUT2D eigenvalue weighted by molar-refractivity contribution is 5.59. The van der Waals surface area contributed by atoms with E-state index >= 15 is 0 Å². The van der Waals surface area contributed by atoms with Crippen LogP contribution < -0.4 is 0 Å². The lowest BCUT2D eigenvalue weighted by atomic mass is 10.2. The molecule has 1 heterocycles. The minimum atomic E-state index is 0.442. The van der Waals surface area contributed by atoms with Gasteiger partial charge in [-0.1, -0.05) is 26.5 Å². The average molecular weight is 190 g/mol. The monoisotopic (exact) mass is 190 g/mol. The van der Waals surface area contributed by atoms with Crippen molar-refractivity contribution in [3.8, 4) is 0 Å². The second-order valence-electron chi connectivity index (χ2n) is 3.66. The van der Waals surface area contributed by atoms with E-state index in [1.54, 1.807) is 6.08 Å². The van der Waals surface area contributed by atoms with E-state index in [1.165, 1.54) is 0 Å². The summed E-state index contributed by atoms with van der Waals surface area (Å²) in [5, 5.41) is 0. The lowest BCUT2D eigenvalue weighted by Crippen LogP contribution is -2.00. The number of rotatable bonds is 3. The Labute approximate surface area is 86.0 Å². The van der Waals surface area contributed by atoms with Crippen LogP contribution in [0.3, 0.4) is 0 Å². The molecule has 2 heteroatoms. The quantitative estimate of drug-likeness (QED) is 0.715. The van der Waals surface area contributed by atoms with Gasteiger partial charge in [-0.15, -0.1) is 0 Å². The molecule has 1 aromatic rings. The van der Waals surface area contributed by atoms with E-state index in [-0.39, 0.29) is 0 Å². The summed E-state index contributed by atoms with van der Waals surface area (Å²) in [5.41, 5.74) is 2.10. The zero-order valence-electron chi connectivity index (χ0n) is 9.41. The maximum atomic E-state index is 4.54. The van der Waals surface area contributed by atoms with E-state index in [1.807, 2.05) is 20.0 Å². The van der Waals surface area contributed by atoms with Crippen LogP contribution >= 0.6 is 0 Å². The van der Waals surface area contributed by atoms with Crippen LogP contribution in [0, 0.1) is 0 Å². The standard InChI is InChI=1S/C12H18N2/c1-6-8-11-10(7-2)13-12(9(3)4)14(11)5/h6-9H,2H2,1,3-5H3/b8-6-. The van der Waals surface area contributed by atoms with Crippen LogP contribution in [0.25, 0.3) is 12.2 Å². The molecule has 0 aliphatic rings. The maximum absolute atomic E-state index is 4.54. The molecule has 0 unspecified atom stereocenters. The van der Waals surface area contributed by atoms with Gasteiger partial charge in [-0.05, 0) is 19.1 Å². The Balaban J connectivity index is 3.32. The smallest absolute Gasteiger partial charge is 0.112 e. The van der Waals surface area contributed by atoms with Crippen molar-refractivity contribution in [2.24, 2.45) is 7.05 Å². The molecule has 0 aromatic carbocycles. The van der Waals surface area contributed by atoms with Gasteiger partial charge >= 0.3 is 0 Å². The molecule has 0 saturated carbocycles. The Morgan fingerprint density at radius 3 is 2.50 bits per heavy atom. The zero-order chi connectivity index (χ0) is 10.7. The average Bonchev–Trinajstić information content (AvgIpc) is 2.45. The van der Waals surface area contributed by atoms with Crippen molar-refractivity contribution in [1.82, 2.24) is 9.55 Å². The summed E-state index contributed by atoms with van der Waals surface area (Å²) in [6.07, 6.45) is 5.89. The first kappa shape index (κ1) is 10.8. The van der Waals surface area contributed by atoms with Gasteiger partial charge in [0.2, 0.25) is 0 Å². The summed E-state index contributed by atoms with van der Waals surface area (Å²) >= 11 is 0. The predicted octanol–water partition coefficient (Wildman–Crippen LogP) is 3.22. The second-order valence-corrected chi connectivity index (χ2v) is 3.66. The molecule has 1 rings (SSSR count). The third-order valence-electron chi connectivity index (χ3n) is 2.24. The Kier molecular flexibility index (Phi) is 3.28. The molecule has 0 atom stereocenters. The lowest BCUT2D eigenvalue weighted by Gasteiger charge is -2.05. The fraction of sp³-hybridized carbons (Fsp3) is 0.417. The molecule has 0 fully saturated rings. The van der Waals surface area contributed by atoms with E-state index in [0.717, 1.165) is 17.2 Å². The molecule has 0 aliphatic heterocycles. The van der Waals surface area contributed by atoms with Crippen LogP contribution in [-0.4, -0.2) is 9.55 Å². The Bertz CT molecular complexity index is 357. The molecule has 0 spiro atoms. The molecule has 2 nitrogen and oxygen atoms in total. The summed E-state index contributed by atoms with van der Waals surface area (Å²) < 4.78 is 2.13. The van der Waals surface area contributed by atoms with Crippen molar-refractivity contribution < 1.29 is 0 Å². The first-order chi connectivity index (χ1) is 6.61. The molecule has 1 aromatic heterocycles. The maximum Gasteiger partial charge on any atom is 0.112 e. The van der Waals surface area contributed by atoms with Gasteiger partial charge in [0.25, 0.3) is 0 Å². The van der Waals surface area contributed by atoms with Gasteiger partial charge in [0.1, 0.15) is 5.82 Å². The van der Waals surface area contributed by atoms with Crippen LogP contribution in [0.15, 0.2) is 12.7 Å². The van der Waals surface area contributed by atoms with Crippen LogP contribution in [0.5, 0.6) is 0 Å². The number of hydrogen-bond donors (Lipinski definition) is 0. The first-order valence-electron chi connectivity index (χ1n) is 4.93. The molecule has 0 amide bonds. The van der Waals surface area contributed by atoms with E-state index < -0.39 is 0 Å². The summed E-state index contributed by atoms with van der Waals surface area (Å²) in [5.74, 6) is 1.55. The highest BCUT2D eigenvalue weighted by atomic mass is 15.1. The second kappa shape index (κ2) is 4.27. The van der Waals surface area contributed by atoms with Gasteiger partial charge < -0.3 is 4.57 Å². The fourth-order valence-electron chi connectivity index (χ4n) is 1.57. The van der Waals surface area contributed by atoms with Gasteiger partial charge in [-0.3, -0.25) is 0 Å².